The first-order valence-corrected chi connectivity index (χ1v) is 7.42. The maximum Gasteiger partial charge on any atom is 0.0421 e. The number of hydrogen-bond acceptors (Lipinski definition) is 2. The Bertz CT molecular complexity index is 389. The molecular weight excluding hydrogens is 244 g/mol. The number of nitrogens with zero attached hydrogens (tertiary/aromatic N) is 2. The predicted molar refractivity (Wildman–Crippen MR) is 77.5 cm³/mol. The van der Waals surface area contributed by atoms with Gasteiger partial charge in [-0.25, -0.2) is 0 Å². The molecule has 18 heavy (non-hydrogen) atoms. The van der Waals surface area contributed by atoms with Crippen LogP contribution in [0.5, 0.6) is 0 Å². The third-order valence-corrected chi connectivity index (χ3v) is 4.47. The van der Waals surface area contributed by atoms with Gasteiger partial charge in [-0.2, -0.15) is 0 Å². The number of benzene rings is 1. The van der Waals surface area contributed by atoms with E-state index in [-0.39, 0.29) is 0 Å². The summed E-state index contributed by atoms with van der Waals surface area (Å²) in [5.74, 6) is 0. The van der Waals surface area contributed by atoms with Crippen LogP contribution in [0.1, 0.15) is 26.2 Å². The van der Waals surface area contributed by atoms with E-state index in [0.29, 0.717) is 12.1 Å². The monoisotopic (exact) mass is 264 g/mol. The molecule has 2 unspecified atom stereocenters. The highest BCUT2D eigenvalue weighted by molar-refractivity contribution is 6.30. The summed E-state index contributed by atoms with van der Waals surface area (Å²) >= 11 is 5.98. The highest BCUT2D eigenvalue weighted by atomic mass is 35.5. The van der Waals surface area contributed by atoms with Crippen LogP contribution in [-0.2, 0) is 0 Å². The molecule has 2 aliphatic heterocycles. The number of fused-ring (bicyclic) bond motifs is 2. The lowest BCUT2D eigenvalue weighted by Crippen LogP contribution is -2.53. The fourth-order valence-corrected chi connectivity index (χ4v) is 3.65. The summed E-state index contributed by atoms with van der Waals surface area (Å²) in [5.41, 5.74) is 1.35. The highest BCUT2D eigenvalue weighted by Gasteiger charge is 2.39. The molecule has 2 atom stereocenters. The first kappa shape index (κ1) is 12.3. The summed E-state index contributed by atoms with van der Waals surface area (Å²) in [6.07, 6.45) is 3.95. The third-order valence-electron chi connectivity index (χ3n) is 4.22. The second-order valence-corrected chi connectivity index (χ2v) is 5.96. The average molecular weight is 265 g/mol. The van der Waals surface area contributed by atoms with Crippen molar-refractivity contribution in [2.45, 2.75) is 38.3 Å². The summed E-state index contributed by atoms with van der Waals surface area (Å²) in [6.45, 7) is 5.98. The van der Waals surface area contributed by atoms with Crippen LogP contribution in [0, 0.1) is 0 Å². The summed E-state index contributed by atoms with van der Waals surface area (Å²) in [4.78, 5) is 5.26. The van der Waals surface area contributed by atoms with Crippen molar-refractivity contribution in [1.29, 1.82) is 0 Å². The Morgan fingerprint density at radius 3 is 2.28 bits per heavy atom. The van der Waals surface area contributed by atoms with Crippen molar-refractivity contribution in [2.24, 2.45) is 0 Å². The number of halogens is 1. The molecule has 0 radical (unpaired) electrons. The summed E-state index contributed by atoms with van der Waals surface area (Å²) in [5, 5.41) is 0.829. The van der Waals surface area contributed by atoms with Crippen molar-refractivity contribution in [1.82, 2.24) is 4.90 Å². The van der Waals surface area contributed by atoms with Gasteiger partial charge in [-0.3, -0.25) is 4.90 Å². The van der Waals surface area contributed by atoms with E-state index in [1.807, 2.05) is 12.1 Å². The predicted octanol–water partition coefficient (Wildman–Crippen LogP) is 3.40. The molecule has 2 saturated heterocycles. The smallest absolute Gasteiger partial charge is 0.0421 e. The van der Waals surface area contributed by atoms with E-state index in [9.17, 15) is 0 Å². The van der Waals surface area contributed by atoms with Crippen molar-refractivity contribution in [3.63, 3.8) is 0 Å². The van der Waals surface area contributed by atoms with Gasteiger partial charge >= 0.3 is 0 Å². The minimum Gasteiger partial charge on any atom is -0.363 e. The van der Waals surface area contributed by atoms with Gasteiger partial charge in [-0.15, -0.1) is 0 Å². The first-order valence-electron chi connectivity index (χ1n) is 7.04. The van der Waals surface area contributed by atoms with E-state index < -0.39 is 0 Å². The molecule has 98 valence electrons. The number of piperazine rings is 1. The average Bonchev–Trinajstić information content (AvgIpc) is 2.63. The van der Waals surface area contributed by atoms with Crippen LogP contribution in [0.25, 0.3) is 0 Å². The highest BCUT2D eigenvalue weighted by Crippen LogP contribution is 2.35. The Morgan fingerprint density at radius 1 is 1.11 bits per heavy atom. The van der Waals surface area contributed by atoms with Crippen LogP contribution < -0.4 is 4.90 Å². The Morgan fingerprint density at radius 2 is 1.72 bits per heavy atom. The fourth-order valence-electron chi connectivity index (χ4n) is 3.52. The van der Waals surface area contributed by atoms with E-state index in [1.54, 1.807) is 0 Å². The molecule has 2 heterocycles. The first-order chi connectivity index (χ1) is 8.78. The zero-order valence-electron chi connectivity index (χ0n) is 11.0. The summed E-state index contributed by atoms with van der Waals surface area (Å²) in [7, 11) is 0. The van der Waals surface area contributed by atoms with Crippen molar-refractivity contribution in [3.05, 3.63) is 29.3 Å². The number of rotatable bonds is 3. The van der Waals surface area contributed by atoms with E-state index in [0.717, 1.165) is 5.02 Å². The lowest BCUT2D eigenvalue weighted by Gasteiger charge is -2.42. The van der Waals surface area contributed by atoms with Gasteiger partial charge in [0.1, 0.15) is 0 Å². The van der Waals surface area contributed by atoms with Crippen molar-refractivity contribution in [3.8, 4) is 0 Å². The van der Waals surface area contributed by atoms with Gasteiger partial charge in [0.05, 0.1) is 0 Å². The van der Waals surface area contributed by atoms with E-state index >= 15 is 0 Å². The molecule has 3 rings (SSSR count). The second-order valence-electron chi connectivity index (χ2n) is 5.53. The second kappa shape index (κ2) is 5.10. The number of hydrogen-bond donors (Lipinski definition) is 0. The SMILES string of the molecule is CCCN1CC2CCC(C1)N2c1ccc(Cl)cc1. The molecule has 1 aromatic rings. The lowest BCUT2D eigenvalue weighted by molar-refractivity contribution is 0.220. The molecule has 2 fully saturated rings. The van der Waals surface area contributed by atoms with Gasteiger partial charge in [0.25, 0.3) is 0 Å². The molecule has 0 aliphatic carbocycles. The molecule has 0 saturated carbocycles. The number of likely N-dealkylation sites (tertiary alicyclic amines) is 1. The molecular formula is C15H21ClN2. The minimum absolute atomic E-state index is 0.705. The van der Waals surface area contributed by atoms with Crippen LogP contribution >= 0.6 is 11.6 Å². The third kappa shape index (κ3) is 2.24. The van der Waals surface area contributed by atoms with Crippen LogP contribution in [0.4, 0.5) is 5.69 Å². The molecule has 0 amide bonds. The molecule has 1 aromatic carbocycles. The minimum atomic E-state index is 0.705. The van der Waals surface area contributed by atoms with Crippen LogP contribution in [0.15, 0.2) is 24.3 Å². The fraction of sp³-hybridized carbons (Fsp3) is 0.600. The largest absolute Gasteiger partial charge is 0.363 e. The standard InChI is InChI=1S/C15H21ClN2/c1-2-9-17-10-14-7-8-15(11-17)18(14)13-5-3-12(16)4-6-13/h3-6,14-15H,2,7-11H2,1H3. The molecule has 0 spiro atoms. The van der Waals surface area contributed by atoms with E-state index in [2.05, 4.69) is 28.9 Å². The Kier molecular flexibility index (Phi) is 3.49. The zero-order chi connectivity index (χ0) is 12.5. The van der Waals surface area contributed by atoms with Gasteiger partial charge in [-0.05, 0) is 50.1 Å². The van der Waals surface area contributed by atoms with Gasteiger partial charge in [0.2, 0.25) is 0 Å². The van der Waals surface area contributed by atoms with Gasteiger partial charge in [0.15, 0.2) is 0 Å². The Hall–Kier alpha value is -0.730. The van der Waals surface area contributed by atoms with Crippen LogP contribution in [0.2, 0.25) is 5.02 Å². The molecule has 0 N–H and O–H groups in total. The Balaban J connectivity index is 1.77. The summed E-state index contributed by atoms with van der Waals surface area (Å²) in [6, 6.07) is 9.77. The maximum atomic E-state index is 5.98. The van der Waals surface area contributed by atoms with Crippen LogP contribution in [0.3, 0.4) is 0 Å². The molecule has 2 bridgehead atoms. The van der Waals surface area contributed by atoms with Gasteiger partial charge < -0.3 is 4.90 Å². The normalized spacial score (nSPS) is 27.8. The quantitative estimate of drug-likeness (QED) is 0.826. The lowest BCUT2D eigenvalue weighted by atomic mass is 10.1. The van der Waals surface area contributed by atoms with Crippen molar-refractivity contribution in [2.75, 3.05) is 24.5 Å². The van der Waals surface area contributed by atoms with Gasteiger partial charge in [-0.1, -0.05) is 18.5 Å². The van der Waals surface area contributed by atoms with Crippen molar-refractivity contribution >= 4 is 17.3 Å². The molecule has 2 aliphatic rings. The molecule has 2 nitrogen and oxygen atoms in total. The topological polar surface area (TPSA) is 6.48 Å². The van der Waals surface area contributed by atoms with E-state index in [1.165, 1.54) is 44.6 Å². The molecule has 3 heteroatoms. The molecule has 0 aromatic heterocycles. The van der Waals surface area contributed by atoms with Crippen molar-refractivity contribution < 1.29 is 0 Å². The summed E-state index contributed by atoms with van der Waals surface area (Å²) < 4.78 is 0. The Labute approximate surface area is 115 Å². The zero-order valence-corrected chi connectivity index (χ0v) is 11.7. The maximum absolute atomic E-state index is 5.98. The van der Waals surface area contributed by atoms with Gasteiger partial charge in [0, 0.05) is 35.9 Å². The number of anilines is 1. The van der Waals surface area contributed by atoms with E-state index in [4.69, 9.17) is 11.6 Å². The van der Waals surface area contributed by atoms with Crippen LogP contribution in [-0.4, -0.2) is 36.6 Å².